The minimum absolute atomic E-state index is 0. The highest BCUT2D eigenvalue weighted by molar-refractivity contribution is 5.85. The van der Waals surface area contributed by atoms with Crippen molar-refractivity contribution >= 4 is 29.9 Å². The summed E-state index contributed by atoms with van der Waals surface area (Å²) in [7, 11) is 0. The number of aromatic amines is 1. The number of fused-ring (bicyclic) bond motifs is 1. The van der Waals surface area contributed by atoms with Gasteiger partial charge in [-0.1, -0.05) is 0 Å². The Morgan fingerprint density at radius 1 is 1.57 bits per heavy atom. The molecule has 14 heavy (non-hydrogen) atoms. The third kappa shape index (κ3) is 1.74. The third-order valence-electron chi connectivity index (χ3n) is 1.90. The van der Waals surface area contributed by atoms with Crippen LogP contribution < -0.4 is 21.9 Å². The van der Waals surface area contributed by atoms with E-state index in [2.05, 4.69) is 20.6 Å². The van der Waals surface area contributed by atoms with Gasteiger partial charge in [-0.2, -0.15) is 4.98 Å². The van der Waals surface area contributed by atoms with Crippen molar-refractivity contribution in [3.8, 4) is 0 Å². The molecular formula is C7H12ClN5O. The largest absolute Gasteiger partial charge is 0.373 e. The monoisotopic (exact) mass is 217 g/mol. The molecule has 1 aliphatic rings. The Kier molecular flexibility index (Phi) is 2.85. The van der Waals surface area contributed by atoms with E-state index in [1.807, 2.05) is 6.92 Å². The van der Waals surface area contributed by atoms with Gasteiger partial charge >= 0.3 is 0 Å². The highest BCUT2D eigenvalue weighted by atomic mass is 35.5. The fraction of sp³-hybridized carbons (Fsp3) is 0.429. The van der Waals surface area contributed by atoms with Crippen molar-refractivity contribution in [3.63, 3.8) is 0 Å². The molecule has 2 rings (SSSR count). The maximum Gasteiger partial charge on any atom is 0.277 e. The van der Waals surface area contributed by atoms with Crippen molar-refractivity contribution in [1.82, 2.24) is 9.97 Å². The van der Waals surface area contributed by atoms with Crippen LogP contribution in [0.5, 0.6) is 0 Å². The summed E-state index contributed by atoms with van der Waals surface area (Å²) in [6, 6.07) is 0.221. The van der Waals surface area contributed by atoms with Gasteiger partial charge in [0.2, 0.25) is 5.95 Å². The molecule has 0 radical (unpaired) electrons. The maximum atomic E-state index is 11.4. The lowest BCUT2D eigenvalue weighted by Crippen LogP contribution is -2.35. The summed E-state index contributed by atoms with van der Waals surface area (Å²) in [5.41, 5.74) is 5.61. The number of H-pyrrole nitrogens is 1. The van der Waals surface area contributed by atoms with Crippen molar-refractivity contribution in [1.29, 1.82) is 0 Å². The van der Waals surface area contributed by atoms with Gasteiger partial charge in [-0.05, 0) is 6.92 Å². The van der Waals surface area contributed by atoms with E-state index in [0.29, 0.717) is 11.5 Å². The molecule has 1 atom stereocenters. The second-order valence-corrected chi connectivity index (χ2v) is 3.10. The number of hydrogen-bond donors (Lipinski definition) is 4. The lowest BCUT2D eigenvalue weighted by molar-refractivity contribution is 0.803. The van der Waals surface area contributed by atoms with Gasteiger partial charge in [0.15, 0.2) is 5.82 Å². The van der Waals surface area contributed by atoms with Gasteiger partial charge in [-0.15, -0.1) is 12.4 Å². The van der Waals surface area contributed by atoms with E-state index in [9.17, 15) is 4.79 Å². The van der Waals surface area contributed by atoms with Gasteiger partial charge in [0.05, 0.1) is 0 Å². The molecule has 0 aliphatic carbocycles. The van der Waals surface area contributed by atoms with E-state index >= 15 is 0 Å². The lowest BCUT2D eigenvalue weighted by atomic mass is 10.2. The Balaban J connectivity index is 0.000000980. The van der Waals surface area contributed by atoms with Crippen LogP contribution in [-0.4, -0.2) is 22.6 Å². The minimum atomic E-state index is -0.235. The Bertz CT molecular complexity index is 390. The van der Waals surface area contributed by atoms with Crippen molar-refractivity contribution in [3.05, 3.63) is 10.4 Å². The molecule has 0 saturated heterocycles. The van der Waals surface area contributed by atoms with Crippen LogP contribution in [0.2, 0.25) is 0 Å². The Labute approximate surface area is 86.7 Å². The zero-order chi connectivity index (χ0) is 9.42. The van der Waals surface area contributed by atoms with Crippen LogP contribution in [0, 0.1) is 0 Å². The molecule has 0 bridgehead atoms. The number of anilines is 3. The predicted molar refractivity (Wildman–Crippen MR) is 58.1 cm³/mol. The van der Waals surface area contributed by atoms with E-state index in [0.717, 1.165) is 6.54 Å². The van der Waals surface area contributed by atoms with E-state index in [1.54, 1.807) is 0 Å². The number of nitrogens with two attached hydrogens (primary N) is 1. The molecule has 2 heterocycles. The van der Waals surface area contributed by atoms with E-state index < -0.39 is 0 Å². The number of hydrogen-bond acceptors (Lipinski definition) is 5. The SMILES string of the molecule is CC1CNc2nc(N)[nH]c(=O)c2N1.Cl. The number of nitrogens with one attached hydrogen (secondary N) is 3. The molecule has 0 saturated carbocycles. The van der Waals surface area contributed by atoms with Crippen LogP contribution >= 0.6 is 12.4 Å². The highest BCUT2D eigenvalue weighted by Gasteiger charge is 2.17. The van der Waals surface area contributed by atoms with Crippen molar-refractivity contribution < 1.29 is 0 Å². The van der Waals surface area contributed by atoms with Crippen LogP contribution in [0.1, 0.15) is 6.92 Å². The van der Waals surface area contributed by atoms with Crippen LogP contribution in [0.25, 0.3) is 0 Å². The van der Waals surface area contributed by atoms with Crippen LogP contribution in [0.4, 0.5) is 17.5 Å². The molecule has 5 N–H and O–H groups in total. The topological polar surface area (TPSA) is 95.8 Å². The summed E-state index contributed by atoms with van der Waals surface area (Å²) in [4.78, 5) is 17.7. The standard InChI is InChI=1S/C7H11N5O.ClH/c1-3-2-9-5-4(10-3)6(13)12-7(8)11-5;/h3,10H,2H2,1H3,(H4,8,9,11,12,13);1H. The normalized spacial score (nSPS) is 18.5. The lowest BCUT2D eigenvalue weighted by Gasteiger charge is -2.23. The molecule has 0 aromatic carbocycles. The number of aromatic nitrogens is 2. The Hall–Kier alpha value is -1.43. The summed E-state index contributed by atoms with van der Waals surface area (Å²) in [5.74, 6) is 0.659. The van der Waals surface area contributed by atoms with Gasteiger partial charge in [-0.3, -0.25) is 9.78 Å². The van der Waals surface area contributed by atoms with Gasteiger partial charge < -0.3 is 16.4 Å². The average Bonchev–Trinajstić information content (AvgIpc) is 2.06. The molecule has 1 aliphatic heterocycles. The fourth-order valence-electron chi connectivity index (χ4n) is 1.30. The minimum Gasteiger partial charge on any atom is -0.373 e. The summed E-state index contributed by atoms with van der Waals surface area (Å²) >= 11 is 0. The molecule has 0 amide bonds. The zero-order valence-electron chi connectivity index (χ0n) is 7.63. The number of rotatable bonds is 0. The van der Waals surface area contributed by atoms with E-state index in [-0.39, 0.29) is 30.0 Å². The van der Waals surface area contributed by atoms with E-state index in [4.69, 9.17) is 5.73 Å². The maximum absolute atomic E-state index is 11.4. The summed E-state index contributed by atoms with van der Waals surface area (Å²) < 4.78 is 0. The van der Waals surface area contributed by atoms with Crippen LogP contribution in [-0.2, 0) is 0 Å². The first-order valence-electron chi connectivity index (χ1n) is 4.07. The zero-order valence-corrected chi connectivity index (χ0v) is 8.44. The first-order valence-corrected chi connectivity index (χ1v) is 4.07. The summed E-state index contributed by atoms with van der Waals surface area (Å²) in [6.07, 6.45) is 0. The Morgan fingerprint density at radius 2 is 2.29 bits per heavy atom. The smallest absolute Gasteiger partial charge is 0.277 e. The van der Waals surface area contributed by atoms with E-state index in [1.165, 1.54) is 0 Å². The van der Waals surface area contributed by atoms with Crippen molar-refractivity contribution in [2.45, 2.75) is 13.0 Å². The van der Waals surface area contributed by atoms with Gasteiger partial charge in [0, 0.05) is 12.6 Å². The molecule has 6 nitrogen and oxygen atoms in total. The number of nitrogens with zero attached hydrogens (tertiary/aromatic N) is 1. The van der Waals surface area contributed by atoms with Crippen LogP contribution in [0.3, 0.4) is 0 Å². The fourth-order valence-corrected chi connectivity index (χ4v) is 1.30. The molecule has 0 spiro atoms. The molecule has 1 aromatic rings. The number of halogens is 1. The third-order valence-corrected chi connectivity index (χ3v) is 1.90. The Morgan fingerprint density at radius 3 is 3.00 bits per heavy atom. The molecule has 0 fully saturated rings. The quantitative estimate of drug-likeness (QED) is 0.491. The molecular weight excluding hydrogens is 206 g/mol. The number of nitrogen functional groups attached to an aromatic ring is 1. The average molecular weight is 218 g/mol. The molecule has 1 aromatic heterocycles. The second-order valence-electron chi connectivity index (χ2n) is 3.10. The summed E-state index contributed by atoms with van der Waals surface area (Å²) in [6.45, 7) is 2.72. The van der Waals surface area contributed by atoms with Crippen molar-refractivity contribution in [2.75, 3.05) is 22.9 Å². The van der Waals surface area contributed by atoms with Gasteiger partial charge in [0.25, 0.3) is 5.56 Å². The van der Waals surface area contributed by atoms with Gasteiger partial charge in [-0.25, -0.2) is 0 Å². The van der Waals surface area contributed by atoms with Crippen LogP contribution in [0.15, 0.2) is 4.79 Å². The molecule has 1 unspecified atom stereocenters. The first-order chi connectivity index (χ1) is 6.16. The molecule has 78 valence electrons. The highest BCUT2D eigenvalue weighted by Crippen LogP contribution is 2.18. The van der Waals surface area contributed by atoms with Gasteiger partial charge in [0.1, 0.15) is 5.69 Å². The van der Waals surface area contributed by atoms with Crippen molar-refractivity contribution in [2.24, 2.45) is 0 Å². The predicted octanol–water partition coefficient (Wildman–Crippen LogP) is -0.000200. The second kappa shape index (κ2) is 3.75. The molecule has 7 heteroatoms. The first kappa shape index (κ1) is 10.6. The summed E-state index contributed by atoms with van der Waals surface area (Å²) in [5, 5.41) is 6.05.